The third-order valence-corrected chi connectivity index (χ3v) is 5.47. The maximum absolute atomic E-state index is 12.4. The van der Waals surface area contributed by atoms with Gasteiger partial charge in [0.2, 0.25) is 0 Å². The van der Waals surface area contributed by atoms with Gasteiger partial charge in [0.15, 0.2) is 0 Å². The van der Waals surface area contributed by atoms with E-state index in [4.69, 9.17) is 0 Å². The smallest absolute Gasteiger partial charge is 0.141 e. The lowest BCUT2D eigenvalue weighted by molar-refractivity contribution is 0.125. The molecule has 4 aromatic carbocycles. The maximum Gasteiger partial charge on any atom is 0.141 e. The maximum atomic E-state index is 12.4. The van der Waals surface area contributed by atoms with Crippen LogP contribution < -0.4 is 0 Å². The van der Waals surface area contributed by atoms with Crippen molar-refractivity contribution in [3.05, 3.63) is 131 Å². The Morgan fingerprint density at radius 3 is 1.46 bits per heavy atom. The molecule has 4 rings (SSSR count). The lowest BCUT2D eigenvalue weighted by Gasteiger charge is -2.34. The number of hydrogen-bond acceptors (Lipinski definition) is 1. The first-order chi connectivity index (χ1) is 13.6. The molecule has 0 radical (unpaired) electrons. The van der Waals surface area contributed by atoms with E-state index >= 15 is 0 Å². The molecule has 0 unspecified atom stereocenters. The predicted molar refractivity (Wildman–Crippen MR) is 116 cm³/mol. The Labute approximate surface area is 166 Å². The summed E-state index contributed by atoms with van der Waals surface area (Å²) in [4.78, 5) is 0. The summed E-state index contributed by atoms with van der Waals surface area (Å²) < 4.78 is 0. The highest BCUT2D eigenvalue weighted by molar-refractivity contribution is 5.71. The van der Waals surface area contributed by atoms with E-state index in [1.165, 1.54) is 0 Å². The van der Waals surface area contributed by atoms with Crippen LogP contribution in [0.25, 0.3) is 11.1 Å². The first-order valence-corrected chi connectivity index (χ1v) is 9.62. The molecule has 0 aliphatic carbocycles. The molecular weight excluding hydrogens is 340 g/mol. The number of hydrogen-bond donors (Lipinski definition) is 1. The van der Waals surface area contributed by atoms with Crippen LogP contribution in [0.4, 0.5) is 0 Å². The van der Waals surface area contributed by atoms with Gasteiger partial charge in [-0.2, -0.15) is 0 Å². The van der Waals surface area contributed by atoms with Gasteiger partial charge < -0.3 is 5.11 Å². The van der Waals surface area contributed by atoms with Gasteiger partial charge >= 0.3 is 0 Å². The fourth-order valence-corrected chi connectivity index (χ4v) is 4.06. The molecule has 0 fully saturated rings. The van der Waals surface area contributed by atoms with Crippen LogP contribution in [-0.2, 0) is 5.60 Å². The normalized spacial score (nSPS) is 11.4. The highest BCUT2D eigenvalue weighted by atomic mass is 16.3. The Morgan fingerprint density at radius 1 is 0.500 bits per heavy atom. The first kappa shape index (κ1) is 18.2. The molecule has 0 heterocycles. The van der Waals surface area contributed by atoms with Crippen LogP contribution in [0.15, 0.2) is 103 Å². The fraction of sp³-hybridized carbons (Fsp3) is 0.111. The third kappa shape index (κ3) is 3.04. The SMILES string of the molecule is Cc1ccccc1C(O)(c1ccccc1C)c1ccccc1-c1ccccc1. The second kappa shape index (κ2) is 7.46. The van der Waals surface area contributed by atoms with Crippen molar-refractivity contribution in [2.45, 2.75) is 19.4 Å². The van der Waals surface area contributed by atoms with Crippen molar-refractivity contribution in [1.82, 2.24) is 0 Å². The minimum Gasteiger partial charge on any atom is -0.376 e. The van der Waals surface area contributed by atoms with Crippen molar-refractivity contribution in [3.8, 4) is 11.1 Å². The fourth-order valence-electron chi connectivity index (χ4n) is 4.06. The topological polar surface area (TPSA) is 20.2 Å². The van der Waals surface area contributed by atoms with Crippen molar-refractivity contribution >= 4 is 0 Å². The van der Waals surface area contributed by atoms with Gasteiger partial charge in [-0.1, -0.05) is 103 Å². The summed E-state index contributed by atoms with van der Waals surface area (Å²) in [6.07, 6.45) is 0. The van der Waals surface area contributed by atoms with E-state index in [9.17, 15) is 5.11 Å². The van der Waals surface area contributed by atoms with E-state index < -0.39 is 5.60 Å². The summed E-state index contributed by atoms with van der Waals surface area (Å²) in [6.45, 7) is 4.12. The van der Waals surface area contributed by atoms with Crippen molar-refractivity contribution < 1.29 is 5.11 Å². The molecule has 1 N–H and O–H groups in total. The Bertz CT molecular complexity index is 1050. The zero-order valence-corrected chi connectivity index (χ0v) is 16.3. The second-order valence-corrected chi connectivity index (χ2v) is 7.25. The molecule has 0 saturated heterocycles. The molecule has 138 valence electrons. The van der Waals surface area contributed by atoms with Crippen LogP contribution in [-0.4, -0.2) is 5.11 Å². The molecule has 0 bridgehead atoms. The van der Waals surface area contributed by atoms with Crippen LogP contribution >= 0.6 is 0 Å². The van der Waals surface area contributed by atoms with Gasteiger partial charge in [0.1, 0.15) is 5.60 Å². The monoisotopic (exact) mass is 364 g/mol. The van der Waals surface area contributed by atoms with E-state index in [-0.39, 0.29) is 0 Å². The van der Waals surface area contributed by atoms with Crippen LogP contribution in [0, 0.1) is 13.8 Å². The molecular formula is C27H24O. The van der Waals surface area contributed by atoms with Crippen LogP contribution in [0.3, 0.4) is 0 Å². The minimum absolute atomic E-state index is 0.893. The average molecular weight is 364 g/mol. The van der Waals surface area contributed by atoms with Gasteiger partial charge in [0.25, 0.3) is 0 Å². The zero-order chi connectivity index (χ0) is 19.6. The largest absolute Gasteiger partial charge is 0.376 e. The van der Waals surface area contributed by atoms with E-state index in [1.54, 1.807) is 0 Å². The second-order valence-electron chi connectivity index (χ2n) is 7.25. The van der Waals surface area contributed by atoms with E-state index in [0.717, 1.165) is 38.9 Å². The Morgan fingerprint density at radius 2 is 0.929 bits per heavy atom. The molecule has 0 atom stereocenters. The summed E-state index contributed by atoms with van der Waals surface area (Å²) in [6, 6.07) is 34.6. The summed E-state index contributed by atoms with van der Waals surface area (Å²) in [5.41, 5.74) is 5.73. The van der Waals surface area contributed by atoms with E-state index in [0.29, 0.717) is 0 Å². The molecule has 0 amide bonds. The Hall–Kier alpha value is -3.16. The molecule has 0 spiro atoms. The lowest BCUT2D eigenvalue weighted by Crippen LogP contribution is -2.31. The minimum atomic E-state index is -1.25. The van der Waals surface area contributed by atoms with E-state index in [1.807, 2.05) is 72.8 Å². The van der Waals surface area contributed by atoms with Crippen LogP contribution in [0.2, 0.25) is 0 Å². The average Bonchev–Trinajstić information content (AvgIpc) is 2.74. The number of rotatable bonds is 4. The van der Waals surface area contributed by atoms with Gasteiger partial charge in [0, 0.05) is 5.56 Å². The lowest BCUT2D eigenvalue weighted by atomic mass is 9.74. The van der Waals surface area contributed by atoms with Crippen LogP contribution in [0.1, 0.15) is 27.8 Å². The Kier molecular flexibility index (Phi) is 4.85. The zero-order valence-electron chi connectivity index (χ0n) is 16.3. The number of aliphatic hydroxyl groups is 1. The van der Waals surface area contributed by atoms with Crippen LogP contribution in [0.5, 0.6) is 0 Å². The predicted octanol–water partition coefficient (Wildman–Crippen LogP) is 6.25. The Balaban J connectivity index is 2.08. The van der Waals surface area contributed by atoms with Crippen molar-refractivity contribution in [2.24, 2.45) is 0 Å². The summed E-state index contributed by atoms with van der Waals surface area (Å²) in [5.74, 6) is 0. The molecule has 1 nitrogen and oxygen atoms in total. The summed E-state index contributed by atoms with van der Waals surface area (Å²) >= 11 is 0. The quantitative estimate of drug-likeness (QED) is 0.424. The molecule has 0 aromatic heterocycles. The highest BCUT2D eigenvalue weighted by Gasteiger charge is 2.37. The van der Waals surface area contributed by atoms with Gasteiger partial charge in [-0.3, -0.25) is 0 Å². The van der Waals surface area contributed by atoms with Gasteiger partial charge in [0.05, 0.1) is 0 Å². The van der Waals surface area contributed by atoms with E-state index in [2.05, 4.69) is 44.2 Å². The third-order valence-electron chi connectivity index (χ3n) is 5.47. The molecule has 4 aromatic rings. The van der Waals surface area contributed by atoms with Crippen molar-refractivity contribution in [1.29, 1.82) is 0 Å². The molecule has 0 aliphatic rings. The van der Waals surface area contributed by atoms with Crippen molar-refractivity contribution in [2.75, 3.05) is 0 Å². The number of aryl methyl sites for hydroxylation is 2. The van der Waals surface area contributed by atoms with Gasteiger partial charge in [-0.15, -0.1) is 0 Å². The molecule has 0 aliphatic heterocycles. The molecule has 0 saturated carbocycles. The standard InChI is InChI=1S/C27H24O/c1-20-12-6-9-17-24(20)27(28,25-18-10-7-13-21(25)2)26-19-11-8-16-23(26)22-14-4-3-5-15-22/h3-19,28H,1-2H3. The number of benzene rings is 4. The van der Waals surface area contributed by atoms with Gasteiger partial charge in [-0.25, -0.2) is 0 Å². The first-order valence-electron chi connectivity index (χ1n) is 9.62. The summed E-state index contributed by atoms with van der Waals surface area (Å²) in [7, 11) is 0. The summed E-state index contributed by atoms with van der Waals surface area (Å²) in [5, 5.41) is 12.4. The van der Waals surface area contributed by atoms with Gasteiger partial charge in [-0.05, 0) is 47.2 Å². The molecule has 28 heavy (non-hydrogen) atoms. The van der Waals surface area contributed by atoms with Crippen molar-refractivity contribution in [3.63, 3.8) is 0 Å². The highest BCUT2D eigenvalue weighted by Crippen LogP contribution is 2.43. The molecule has 1 heteroatoms.